The van der Waals surface area contributed by atoms with Crippen LogP contribution in [0.1, 0.15) is 11.5 Å². The maximum Gasteiger partial charge on any atom is 0.355 e. The van der Waals surface area contributed by atoms with Crippen LogP contribution in [0.15, 0.2) is 65.1 Å². The Morgan fingerprint density at radius 2 is 1.64 bits per heavy atom. The minimum atomic E-state index is -1.11. The predicted octanol–water partition coefficient (Wildman–Crippen LogP) is 2.89. The molecule has 36 heavy (non-hydrogen) atoms. The minimum Gasteiger partial charge on any atom is -0.485 e. The molecule has 0 radical (unpaired) electrons. The van der Waals surface area contributed by atoms with Crippen molar-refractivity contribution in [1.29, 1.82) is 5.26 Å². The fourth-order valence-electron chi connectivity index (χ4n) is 3.82. The molecule has 0 fully saturated rings. The first-order valence-electron chi connectivity index (χ1n) is 10.6. The molecule has 11 heteroatoms. The number of hydrogen-bond acceptors (Lipinski definition) is 9. The van der Waals surface area contributed by atoms with Gasteiger partial charge in [-0.15, -0.1) is 0 Å². The maximum absolute atomic E-state index is 14.9. The van der Waals surface area contributed by atoms with Gasteiger partial charge in [0.15, 0.2) is 17.4 Å². The number of carbonyl (C=O) groups excluding carboxylic acids is 2. The Balaban J connectivity index is 2.31. The topological polar surface area (TPSA) is 124 Å². The van der Waals surface area contributed by atoms with Crippen LogP contribution < -0.4 is 15.4 Å². The molecule has 0 saturated heterocycles. The lowest BCUT2D eigenvalue weighted by atomic mass is 9.81. The number of rotatable bonds is 8. The average Bonchev–Trinajstić information content (AvgIpc) is 2.88. The summed E-state index contributed by atoms with van der Waals surface area (Å²) in [6.07, 6.45) is 0. The van der Waals surface area contributed by atoms with E-state index in [0.717, 1.165) is 31.3 Å². The van der Waals surface area contributed by atoms with E-state index in [4.69, 9.17) is 24.7 Å². The Morgan fingerprint density at radius 3 is 2.17 bits per heavy atom. The minimum absolute atomic E-state index is 0.0898. The zero-order chi connectivity index (χ0) is 26.4. The Bertz CT molecular complexity index is 1250. The second-order valence-corrected chi connectivity index (χ2v) is 7.42. The zero-order valence-corrected chi connectivity index (χ0v) is 19.7. The van der Waals surface area contributed by atoms with E-state index in [-0.39, 0.29) is 35.9 Å². The Hall–Kier alpha value is -4.43. The number of halogens is 2. The van der Waals surface area contributed by atoms with Gasteiger partial charge in [-0.25, -0.2) is 18.4 Å². The van der Waals surface area contributed by atoms with Gasteiger partial charge in [-0.05, 0) is 5.56 Å². The first-order chi connectivity index (χ1) is 17.3. The van der Waals surface area contributed by atoms with Gasteiger partial charge in [-0.2, -0.15) is 5.26 Å². The summed E-state index contributed by atoms with van der Waals surface area (Å²) in [5.41, 5.74) is 5.59. The van der Waals surface area contributed by atoms with E-state index >= 15 is 0 Å². The number of nitrogens with zero attached hydrogens (tertiary/aromatic N) is 2. The molecule has 2 N–H and O–H groups in total. The van der Waals surface area contributed by atoms with Crippen molar-refractivity contribution in [1.82, 2.24) is 0 Å². The molecule has 188 valence electrons. The molecule has 9 nitrogen and oxygen atoms in total. The summed E-state index contributed by atoms with van der Waals surface area (Å²) in [4.78, 5) is 26.9. The van der Waals surface area contributed by atoms with Crippen LogP contribution in [-0.4, -0.2) is 46.5 Å². The standard InChI is InChI=1S/C25H23F2N3O6/c1-33-9-10-36-22-17(26)11-15(12-18(22)27)30-21(25(32)35-3)20(24(31)34-2)19(16(13-28)23(30)29)14-7-5-4-6-8-14/h4-8,11-12,19H,9-10,29H2,1-3H3. The average molecular weight is 499 g/mol. The molecule has 2 aromatic rings. The van der Waals surface area contributed by atoms with Gasteiger partial charge in [0.2, 0.25) is 0 Å². The Kier molecular flexibility index (Phi) is 8.24. The van der Waals surface area contributed by atoms with Crippen molar-refractivity contribution in [3.63, 3.8) is 0 Å². The molecule has 0 aromatic heterocycles. The summed E-state index contributed by atoms with van der Waals surface area (Å²) in [5, 5.41) is 10.0. The highest BCUT2D eigenvalue weighted by molar-refractivity contribution is 6.06. The SMILES string of the molecule is COCCOc1c(F)cc(N2C(N)=C(C#N)C(c3ccccc3)C(C(=O)OC)=C2C(=O)OC)cc1F. The number of anilines is 1. The van der Waals surface area contributed by atoms with E-state index in [0.29, 0.717) is 5.56 Å². The zero-order valence-electron chi connectivity index (χ0n) is 19.7. The van der Waals surface area contributed by atoms with Gasteiger partial charge in [0.1, 0.15) is 18.1 Å². The van der Waals surface area contributed by atoms with Crippen LogP contribution in [0.3, 0.4) is 0 Å². The molecular weight excluding hydrogens is 476 g/mol. The van der Waals surface area contributed by atoms with Crippen molar-refractivity contribution < 1.29 is 37.3 Å². The lowest BCUT2D eigenvalue weighted by Gasteiger charge is -2.36. The summed E-state index contributed by atoms with van der Waals surface area (Å²) >= 11 is 0. The number of methoxy groups -OCH3 is 3. The molecular formula is C25H23F2N3O6. The Morgan fingerprint density at radius 1 is 1.03 bits per heavy atom. The van der Waals surface area contributed by atoms with E-state index in [1.165, 1.54) is 7.11 Å². The quantitative estimate of drug-likeness (QED) is 0.431. The summed E-state index contributed by atoms with van der Waals surface area (Å²) in [5.74, 6) is -6.34. The summed E-state index contributed by atoms with van der Waals surface area (Å²) in [6.45, 7) is -0.0286. The highest BCUT2D eigenvalue weighted by Crippen LogP contribution is 2.44. The number of nitriles is 1. The lowest BCUT2D eigenvalue weighted by molar-refractivity contribution is -0.139. The van der Waals surface area contributed by atoms with Crippen molar-refractivity contribution in [2.24, 2.45) is 5.73 Å². The van der Waals surface area contributed by atoms with Gasteiger partial charge in [0.05, 0.1) is 49.6 Å². The monoisotopic (exact) mass is 499 g/mol. The van der Waals surface area contributed by atoms with E-state index in [2.05, 4.69) is 0 Å². The number of carbonyl (C=O) groups is 2. The number of hydrogen-bond donors (Lipinski definition) is 1. The second kappa shape index (κ2) is 11.3. The van der Waals surface area contributed by atoms with Gasteiger partial charge in [0, 0.05) is 19.2 Å². The van der Waals surface area contributed by atoms with Crippen LogP contribution in [0.25, 0.3) is 0 Å². The lowest BCUT2D eigenvalue weighted by Crippen LogP contribution is -2.40. The number of allylic oxidation sites excluding steroid dienone is 1. The first-order valence-corrected chi connectivity index (χ1v) is 10.6. The molecule has 0 amide bonds. The number of esters is 2. The smallest absolute Gasteiger partial charge is 0.355 e. The third kappa shape index (κ3) is 4.85. The number of ether oxygens (including phenoxy) is 4. The molecule has 1 atom stereocenters. The molecule has 1 aliphatic rings. The number of nitrogens with two attached hydrogens (primary N) is 1. The highest BCUT2D eigenvalue weighted by atomic mass is 19.1. The third-order valence-electron chi connectivity index (χ3n) is 5.39. The van der Waals surface area contributed by atoms with Gasteiger partial charge in [0.25, 0.3) is 0 Å². The fourth-order valence-corrected chi connectivity index (χ4v) is 3.82. The van der Waals surface area contributed by atoms with Crippen LogP contribution in [0.5, 0.6) is 5.75 Å². The highest BCUT2D eigenvalue weighted by Gasteiger charge is 2.43. The molecule has 1 heterocycles. The molecule has 2 aromatic carbocycles. The van der Waals surface area contributed by atoms with E-state index < -0.39 is 40.9 Å². The predicted molar refractivity (Wildman–Crippen MR) is 123 cm³/mol. The largest absolute Gasteiger partial charge is 0.485 e. The van der Waals surface area contributed by atoms with Crippen molar-refractivity contribution in [3.8, 4) is 11.8 Å². The van der Waals surface area contributed by atoms with Crippen LogP contribution in [-0.2, 0) is 23.8 Å². The molecule has 0 spiro atoms. The molecule has 1 aliphatic heterocycles. The van der Waals surface area contributed by atoms with Crippen LogP contribution in [0.2, 0.25) is 0 Å². The maximum atomic E-state index is 14.9. The molecule has 0 bridgehead atoms. The van der Waals surface area contributed by atoms with E-state index in [1.54, 1.807) is 30.3 Å². The third-order valence-corrected chi connectivity index (χ3v) is 5.39. The van der Waals surface area contributed by atoms with Crippen LogP contribution in [0.4, 0.5) is 14.5 Å². The fraction of sp³-hybridized carbons (Fsp3) is 0.240. The number of benzene rings is 2. The van der Waals surface area contributed by atoms with Gasteiger partial charge in [-0.1, -0.05) is 30.3 Å². The van der Waals surface area contributed by atoms with Crippen LogP contribution in [0, 0.1) is 23.0 Å². The molecule has 0 saturated carbocycles. The van der Waals surface area contributed by atoms with Crippen molar-refractivity contribution in [2.75, 3.05) is 39.4 Å². The van der Waals surface area contributed by atoms with Crippen LogP contribution >= 0.6 is 0 Å². The second-order valence-electron chi connectivity index (χ2n) is 7.42. The van der Waals surface area contributed by atoms with E-state index in [1.807, 2.05) is 6.07 Å². The van der Waals surface area contributed by atoms with Crippen molar-refractivity contribution in [2.45, 2.75) is 5.92 Å². The Labute approximate surface area is 205 Å². The van der Waals surface area contributed by atoms with Crippen molar-refractivity contribution in [3.05, 3.63) is 82.3 Å². The van der Waals surface area contributed by atoms with Crippen molar-refractivity contribution >= 4 is 17.6 Å². The summed E-state index contributed by atoms with van der Waals surface area (Å²) in [6, 6.07) is 12.0. The molecule has 3 rings (SSSR count). The first kappa shape index (κ1) is 26.2. The van der Waals surface area contributed by atoms with Gasteiger partial charge in [-0.3, -0.25) is 4.90 Å². The summed E-state index contributed by atoms with van der Waals surface area (Å²) in [7, 11) is 3.56. The van der Waals surface area contributed by atoms with Gasteiger partial charge >= 0.3 is 11.9 Å². The molecule has 1 unspecified atom stereocenters. The van der Waals surface area contributed by atoms with Gasteiger partial charge < -0.3 is 24.7 Å². The summed E-state index contributed by atoms with van der Waals surface area (Å²) < 4.78 is 49.5. The molecule has 0 aliphatic carbocycles. The normalized spacial score (nSPS) is 15.4. The van der Waals surface area contributed by atoms with E-state index in [9.17, 15) is 23.6 Å².